The predicted octanol–water partition coefficient (Wildman–Crippen LogP) is 2.08. The highest BCUT2D eigenvalue weighted by Gasteiger charge is 1.97. The average molecular weight is 220 g/mol. The molecule has 1 heterocycles. The Labute approximate surface area is 71.4 Å². The number of rotatable bonds is 2. The van der Waals surface area contributed by atoms with E-state index in [0.717, 1.165) is 5.69 Å². The van der Waals surface area contributed by atoms with Crippen LogP contribution in [0.4, 0.5) is 5.69 Å². The molecule has 1 aromatic heterocycles. The first-order valence-corrected chi connectivity index (χ1v) is 4.77. The maximum Gasteiger partial charge on any atom is 0.235 e. The van der Waals surface area contributed by atoms with E-state index >= 15 is 0 Å². The maximum absolute atomic E-state index is 10.7. The van der Waals surface area contributed by atoms with Crippen LogP contribution < -0.4 is 5.32 Å². The van der Waals surface area contributed by atoms with Crippen LogP contribution in [0.15, 0.2) is 16.8 Å². The Kier molecular flexibility index (Phi) is 2.89. The fourth-order valence-corrected chi connectivity index (χ4v) is 1.26. The van der Waals surface area contributed by atoms with Crippen molar-refractivity contribution in [2.45, 2.75) is 0 Å². The molecule has 0 aliphatic heterocycles. The van der Waals surface area contributed by atoms with Crippen molar-refractivity contribution >= 4 is 38.9 Å². The number of anilines is 1. The number of carbonyl (C=O) groups excluding carboxylic acids is 1. The minimum absolute atomic E-state index is 0.0154. The molecule has 54 valence electrons. The van der Waals surface area contributed by atoms with Crippen molar-refractivity contribution in [1.29, 1.82) is 0 Å². The molecule has 0 spiro atoms. The third-order valence-corrected chi connectivity index (χ3v) is 2.12. The van der Waals surface area contributed by atoms with Gasteiger partial charge in [0.2, 0.25) is 5.91 Å². The van der Waals surface area contributed by atoms with Gasteiger partial charge in [-0.05, 0) is 11.4 Å². The fourth-order valence-electron chi connectivity index (χ4n) is 0.530. The zero-order valence-corrected chi connectivity index (χ0v) is 7.54. The topological polar surface area (TPSA) is 29.1 Å². The average Bonchev–Trinajstić information content (AvgIpc) is 2.40. The molecule has 10 heavy (non-hydrogen) atoms. The Balaban J connectivity index is 2.48. The summed E-state index contributed by atoms with van der Waals surface area (Å²) in [6, 6.07) is 1.87. The van der Waals surface area contributed by atoms with Crippen molar-refractivity contribution < 1.29 is 4.79 Å². The van der Waals surface area contributed by atoms with Crippen molar-refractivity contribution in [3.8, 4) is 0 Å². The lowest BCUT2D eigenvalue weighted by Gasteiger charge is -1.95. The molecule has 2 nitrogen and oxygen atoms in total. The van der Waals surface area contributed by atoms with Crippen molar-refractivity contribution in [1.82, 2.24) is 0 Å². The largest absolute Gasteiger partial charge is 0.325 e. The SMILES string of the molecule is O=C(CBr)Nc1ccsc1. The zero-order valence-electron chi connectivity index (χ0n) is 5.13. The van der Waals surface area contributed by atoms with Gasteiger partial charge in [0, 0.05) is 5.38 Å². The molecule has 0 bridgehead atoms. The van der Waals surface area contributed by atoms with E-state index in [1.807, 2.05) is 16.8 Å². The highest BCUT2D eigenvalue weighted by Crippen LogP contribution is 2.11. The van der Waals surface area contributed by atoms with E-state index in [4.69, 9.17) is 0 Å². The number of amides is 1. The molecule has 0 radical (unpaired) electrons. The Bertz CT molecular complexity index is 210. The Morgan fingerprint density at radius 1 is 1.80 bits per heavy atom. The zero-order chi connectivity index (χ0) is 7.40. The number of alkyl halides is 1. The summed E-state index contributed by atoms with van der Waals surface area (Å²) in [4.78, 5) is 10.7. The number of halogens is 1. The van der Waals surface area contributed by atoms with Crippen LogP contribution in [0.25, 0.3) is 0 Å². The number of carbonyl (C=O) groups is 1. The molecule has 0 fully saturated rings. The lowest BCUT2D eigenvalue weighted by atomic mass is 10.5. The third-order valence-electron chi connectivity index (χ3n) is 0.926. The Hall–Kier alpha value is -0.350. The molecule has 0 saturated heterocycles. The summed E-state index contributed by atoms with van der Waals surface area (Å²) >= 11 is 4.61. The summed E-state index contributed by atoms with van der Waals surface area (Å²) in [7, 11) is 0. The molecule has 1 aromatic rings. The van der Waals surface area contributed by atoms with Gasteiger partial charge in [-0.15, -0.1) is 0 Å². The summed E-state index contributed by atoms with van der Waals surface area (Å²) in [5, 5.41) is 6.86. The molecule has 0 atom stereocenters. The van der Waals surface area contributed by atoms with E-state index < -0.39 is 0 Å². The number of thiophene rings is 1. The highest BCUT2D eigenvalue weighted by molar-refractivity contribution is 9.09. The molecule has 0 aliphatic rings. The summed E-state index contributed by atoms with van der Waals surface area (Å²) < 4.78 is 0. The fraction of sp³-hybridized carbons (Fsp3) is 0.167. The van der Waals surface area contributed by atoms with E-state index in [1.165, 1.54) is 0 Å². The first-order chi connectivity index (χ1) is 4.83. The molecule has 0 unspecified atom stereocenters. The molecule has 1 rings (SSSR count). The van der Waals surface area contributed by atoms with Crippen LogP contribution in [-0.2, 0) is 4.79 Å². The Morgan fingerprint density at radius 3 is 3.10 bits per heavy atom. The van der Waals surface area contributed by atoms with Gasteiger partial charge in [-0.3, -0.25) is 4.79 Å². The van der Waals surface area contributed by atoms with E-state index in [0.29, 0.717) is 5.33 Å². The Morgan fingerprint density at radius 2 is 2.60 bits per heavy atom. The quantitative estimate of drug-likeness (QED) is 0.759. The highest BCUT2D eigenvalue weighted by atomic mass is 79.9. The first kappa shape index (κ1) is 7.75. The molecule has 1 N–H and O–H groups in total. The van der Waals surface area contributed by atoms with Crippen LogP contribution in [-0.4, -0.2) is 11.2 Å². The monoisotopic (exact) mass is 219 g/mol. The summed E-state index contributed by atoms with van der Waals surface area (Å²) in [6.45, 7) is 0. The third kappa shape index (κ3) is 2.11. The van der Waals surface area contributed by atoms with E-state index in [-0.39, 0.29) is 5.91 Å². The van der Waals surface area contributed by atoms with E-state index in [2.05, 4.69) is 21.2 Å². The van der Waals surface area contributed by atoms with Crippen molar-refractivity contribution in [3.63, 3.8) is 0 Å². The van der Waals surface area contributed by atoms with Crippen molar-refractivity contribution in [2.75, 3.05) is 10.6 Å². The predicted molar refractivity (Wildman–Crippen MR) is 46.7 cm³/mol. The van der Waals surface area contributed by atoms with Gasteiger partial charge in [-0.1, -0.05) is 15.9 Å². The molecular formula is C6H6BrNOS. The molecular weight excluding hydrogens is 214 g/mol. The number of hydrogen-bond donors (Lipinski definition) is 1. The molecule has 1 amide bonds. The second kappa shape index (κ2) is 3.73. The minimum atomic E-state index is -0.0154. The van der Waals surface area contributed by atoms with Crippen LogP contribution >= 0.6 is 27.3 Å². The number of hydrogen-bond acceptors (Lipinski definition) is 2. The van der Waals surface area contributed by atoms with Gasteiger partial charge in [-0.25, -0.2) is 0 Å². The summed E-state index contributed by atoms with van der Waals surface area (Å²) in [6.07, 6.45) is 0. The van der Waals surface area contributed by atoms with Gasteiger partial charge in [0.15, 0.2) is 0 Å². The van der Waals surface area contributed by atoms with Gasteiger partial charge < -0.3 is 5.32 Å². The van der Waals surface area contributed by atoms with Gasteiger partial charge >= 0.3 is 0 Å². The molecule has 0 aliphatic carbocycles. The number of nitrogens with one attached hydrogen (secondary N) is 1. The van der Waals surface area contributed by atoms with Crippen LogP contribution in [0.3, 0.4) is 0 Å². The maximum atomic E-state index is 10.7. The molecule has 0 saturated carbocycles. The summed E-state index contributed by atoms with van der Waals surface area (Å²) in [5.41, 5.74) is 0.870. The minimum Gasteiger partial charge on any atom is -0.325 e. The lowest BCUT2D eigenvalue weighted by molar-refractivity contribution is -0.113. The second-order valence-electron chi connectivity index (χ2n) is 1.69. The van der Waals surface area contributed by atoms with Gasteiger partial charge in [0.05, 0.1) is 11.0 Å². The standard InChI is InChI=1S/C6H6BrNOS/c7-3-6(9)8-5-1-2-10-4-5/h1-2,4H,3H2,(H,8,9). The van der Waals surface area contributed by atoms with Crippen molar-refractivity contribution in [3.05, 3.63) is 16.8 Å². The van der Waals surface area contributed by atoms with Crippen LogP contribution in [0.2, 0.25) is 0 Å². The summed E-state index contributed by atoms with van der Waals surface area (Å²) in [5.74, 6) is -0.0154. The van der Waals surface area contributed by atoms with Crippen molar-refractivity contribution in [2.24, 2.45) is 0 Å². The molecule has 0 aromatic carbocycles. The van der Waals surface area contributed by atoms with Gasteiger partial charge in [-0.2, -0.15) is 11.3 Å². The smallest absolute Gasteiger partial charge is 0.235 e. The van der Waals surface area contributed by atoms with E-state index in [9.17, 15) is 4.79 Å². The lowest BCUT2D eigenvalue weighted by Crippen LogP contribution is -2.11. The van der Waals surface area contributed by atoms with Crippen LogP contribution in [0.1, 0.15) is 0 Å². The van der Waals surface area contributed by atoms with Gasteiger partial charge in [0.25, 0.3) is 0 Å². The van der Waals surface area contributed by atoms with E-state index in [1.54, 1.807) is 11.3 Å². The second-order valence-corrected chi connectivity index (χ2v) is 3.03. The van der Waals surface area contributed by atoms with Crippen LogP contribution in [0, 0.1) is 0 Å². The first-order valence-electron chi connectivity index (χ1n) is 2.71. The normalized spacial score (nSPS) is 9.30. The van der Waals surface area contributed by atoms with Gasteiger partial charge in [0.1, 0.15) is 0 Å². The van der Waals surface area contributed by atoms with Crippen LogP contribution in [0.5, 0.6) is 0 Å². The molecule has 4 heteroatoms.